The number of anilines is 1. The van der Waals surface area contributed by atoms with Gasteiger partial charge >= 0.3 is 5.97 Å². The van der Waals surface area contributed by atoms with E-state index in [2.05, 4.69) is 10.6 Å². The Labute approximate surface area is 97.6 Å². The van der Waals surface area contributed by atoms with Crippen molar-refractivity contribution in [1.29, 1.82) is 0 Å². The number of nitrogens with one attached hydrogen (secondary N) is 2. The second-order valence-electron chi connectivity index (χ2n) is 3.30. The van der Waals surface area contributed by atoms with Crippen LogP contribution in [0.4, 0.5) is 10.1 Å². The lowest BCUT2D eigenvalue weighted by molar-refractivity contribution is -0.115. The smallest absolute Gasteiger partial charge is 0.337 e. The molecular weight excluding hydrogens is 227 g/mol. The number of carbonyl (C=O) groups is 2. The number of amides is 1. The minimum Gasteiger partial charge on any atom is -0.478 e. The highest BCUT2D eigenvalue weighted by Gasteiger charge is 2.15. The third kappa shape index (κ3) is 3.53. The topological polar surface area (TPSA) is 78.4 Å². The number of hydrogen-bond acceptors (Lipinski definition) is 3. The fraction of sp³-hybridized carbons (Fsp3) is 0.273. The molecule has 1 aromatic carbocycles. The molecule has 3 N–H and O–H groups in total. The van der Waals surface area contributed by atoms with E-state index in [1.54, 1.807) is 0 Å². The van der Waals surface area contributed by atoms with Crippen molar-refractivity contribution in [3.8, 4) is 0 Å². The standard InChI is InChI=1S/C11H13FN2O3/c1-2-13-6-9(15)14-10-7(11(16)17)4-3-5-8(10)12/h3-5,13H,2,6H2,1H3,(H,14,15)(H,16,17). The molecule has 0 aliphatic carbocycles. The molecule has 0 radical (unpaired) electrons. The maximum absolute atomic E-state index is 13.4. The molecule has 0 bridgehead atoms. The molecule has 0 fully saturated rings. The molecule has 0 atom stereocenters. The van der Waals surface area contributed by atoms with Gasteiger partial charge in [0, 0.05) is 0 Å². The van der Waals surface area contributed by atoms with Crippen LogP contribution in [0.2, 0.25) is 0 Å². The molecule has 0 heterocycles. The zero-order valence-electron chi connectivity index (χ0n) is 9.29. The third-order valence-electron chi connectivity index (χ3n) is 2.04. The van der Waals surface area contributed by atoms with Gasteiger partial charge in [0.15, 0.2) is 0 Å². The summed E-state index contributed by atoms with van der Waals surface area (Å²) in [5.74, 6) is -2.54. The van der Waals surface area contributed by atoms with Gasteiger partial charge in [0.25, 0.3) is 0 Å². The van der Waals surface area contributed by atoms with E-state index in [1.807, 2.05) is 6.92 Å². The average molecular weight is 240 g/mol. The van der Waals surface area contributed by atoms with E-state index in [1.165, 1.54) is 12.1 Å². The van der Waals surface area contributed by atoms with Crippen LogP contribution in [0.5, 0.6) is 0 Å². The van der Waals surface area contributed by atoms with Gasteiger partial charge in [-0.3, -0.25) is 4.79 Å². The molecule has 17 heavy (non-hydrogen) atoms. The van der Waals surface area contributed by atoms with Gasteiger partial charge in [-0.1, -0.05) is 13.0 Å². The van der Waals surface area contributed by atoms with Crippen molar-refractivity contribution >= 4 is 17.6 Å². The number of likely N-dealkylation sites (N-methyl/N-ethyl adjacent to an activating group) is 1. The Morgan fingerprint density at radius 1 is 1.41 bits per heavy atom. The summed E-state index contributed by atoms with van der Waals surface area (Å²) in [5.41, 5.74) is -0.572. The number of hydrogen-bond donors (Lipinski definition) is 3. The number of para-hydroxylation sites is 1. The predicted octanol–water partition coefficient (Wildman–Crippen LogP) is 1.07. The zero-order chi connectivity index (χ0) is 12.8. The summed E-state index contributed by atoms with van der Waals surface area (Å²) in [6, 6.07) is 3.60. The van der Waals surface area contributed by atoms with Crippen LogP contribution in [-0.4, -0.2) is 30.1 Å². The highest BCUT2D eigenvalue weighted by atomic mass is 19.1. The molecule has 0 unspecified atom stereocenters. The van der Waals surface area contributed by atoms with Crippen LogP contribution < -0.4 is 10.6 Å². The molecule has 0 aromatic heterocycles. The first-order chi connectivity index (χ1) is 8.06. The van der Waals surface area contributed by atoms with Gasteiger partial charge in [-0.15, -0.1) is 0 Å². The fourth-order valence-corrected chi connectivity index (χ4v) is 1.25. The Balaban J connectivity index is 2.89. The van der Waals surface area contributed by atoms with Gasteiger partial charge in [-0.2, -0.15) is 0 Å². The minimum absolute atomic E-state index is 0.00386. The normalized spacial score (nSPS) is 10.0. The molecular formula is C11H13FN2O3. The van der Waals surface area contributed by atoms with Gasteiger partial charge in [-0.25, -0.2) is 9.18 Å². The van der Waals surface area contributed by atoms with Crippen molar-refractivity contribution in [2.24, 2.45) is 0 Å². The van der Waals surface area contributed by atoms with E-state index >= 15 is 0 Å². The number of carboxylic acids is 1. The van der Waals surface area contributed by atoms with E-state index < -0.39 is 17.7 Å². The Kier molecular flexibility index (Phi) is 4.59. The Hall–Kier alpha value is -1.95. The summed E-state index contributed by atoms with van der Waals surface area (Å²) in [6.45, 7) is 2.42. The number of carboxylic acid groups (broad SMARTS) is 1. The highest BCUT2D eigenvalue weighted by molar-refractivity contribution is 6.01. The molecule has 92 valence electrons. The van der Waals surface area contributed by atoms with E-state index in [0.29, 0.717) is 6.54 Å². The predicted molar refractivity (Wildman–Crippen MR) is 60.5 cm³/mol. The molecule has 1 aromatic rings. The van der Waals surface area contributed by atoms with Crippen molar-refractivity contribution < 1.29 is 19.1 Å². The summed E-state index contributed by atoms with van der Waals surface area (Å²) in [4.78, 5) is 22.2. The van der Waals surface area contributed by atoms with Crippen LogP contribution in [0.3, 0.4) is 0 Å². The highest BCUT2D eigenvalue weighted by Crippen LogP contribution is 2.19. The molecule has 0 aliphatic heterocycles. The number of rotatable bonds is 5. The summed E-state index contributed by atoms with van der Waals surface area (Å²) >= 11 is 0. The number of aromatic carboxylic acids is 1. The van der Waals surface area contributed by atoms with E-state index in [9.17, 15) is 14.0 Å². The summed E-state index contributed by atoms with van der Waals surface area (Å²) in [5, 5.41) is 13.8. The van der Waals surface area contributed by atoms with Crippen LogP contribution in [0.25, 0.3) is 0 Å². The lowest BCUT2D eigenvalue weighted by Gasteiger charge is -2.09. The lowest BCUT2D eigenvalue weighted by atomic mass is 10.1. The summed E-state index contributed by atoms with van der Waals surface area (Å²) in [6.07, 6.45) is 0. The van der Waals surface area contributed by atoms with Crippen LogP contribution >= 0.6 is 0 Å². The maximum Gasteiger partial charge on any atom is 0.337 e. The first-order valence-corrected chi connectivity index (χ1v) is 5.08. The van der Waals surface area contributed by atoms with Gasteiger partial charge in [0.05, 0.1) is 17.8 Å². The second-order valence-corrected chi connectivity index (χ2v) is 3.30. The largest absolute Gasteiger partial charge is 0.478 e. The van der Waals surface area contributed by atoms with Gasteiger partial charge < -0.3 is 15.7 Å². The number of carbonyl (C=O) groups excluding carboxylic acids is 1. The second kappa shape index (κ2) is 5.95. The molecule has 0 aliphatic rings. The van der Waals surface area contributed by atoms with E-state index in [0.717, 1.165) is 6.07 Å². The minimum atomic E-state index is -1.29. The monoisotopic (exact) mass is 240 g/mol. The molecule has 0 saturated heterocycles. The van der Waals surface area contributed by atoms with Crippen LogP contribution in [-0.2, 0) is 4.79 Å². The Morgan fingerprint density at radius 2 is 2.12 bits per heavy atom. The van der Waals surface area contributed by atoms with E-state index in [4.69, 9.17) is 5.11 Å². The molecule has 0 saturated carbocycles. The Morgan fingerprint density at radius 3 is 2.71 bits per heavy atom. The first-order valence-electron chi connectivity index (χ1n) is 5.08. The maximum atomic E-state index is 13.4. The summed E-state index contributed by atoms with van der Waals surface area (Å²) < 4.78 is 13.4. The van der Waals surface area contributed by atoms with Crippen molar-refractivity contribution in [3.63, 3.8) is 0 Å². The summed E-state index contributed by atoms with van der Waals surface area (Å²) in [7, 11) is 0. The van der Waals surface area contributed by atoms with Crippen molar-refractivity contribution in [2.75, 3.05) is 18.4 Å². The van der Waals surface area contributed by atoms with E-state index in [-0.39, 0.29) is 17.8 Å². The third-order valence-corrected chi connectivity index (χ3v) is 2.04. The quantitative estimate of drug-likeness (QED) is 0.719. The van der Waals surface area contributed by atoms with Gasteiger partial charge in [0.2, 0.25) is 5.91 Å². The molecule has 5 nitrogen and oxygen atoms in total. The van der Waals surface area contributed by atoms with Crippen molar-refractivity contribution in [3.05, 3.63) is 29.6 Å². The lowest BCUT2D eigenvalue weighted by Crippen LogP contribution is -2.28. The SMILES string of the molecule is CCNCC(=O)Nc1c(F)cccc1C(=O)O. The Bertz CT molecular complexity index is 435. The van der Waals surface area contributed by atoms with Crippen molar-refractivity contribution in [1.82, 2.24) is 5.32 Å². The average Bonchev–Trinajstić information content (AvgIpc) is 2.28. The molecule has 0 spiro atoms. The van der Waals surface area contributed by atoms with Gasteiger partial charge in [-0.05, 0) is 18.7 Å². The van der Waals surface area contributed by atoms with Crippen LogP contribution in [0.1, 0.15) is 17.3 Å². The number of halogens is 1. The molecule has 1 rings (SSSR count). The van der Waals surface area contributed by atoms with Crippen LogP contribution in [0, 0.1) is 5.82 Å². The number of benzene rings is 1. The van der Waals surface area contributed by atoms with Gasteiger partial charge in [0.1, 0.15) is 5.82 Å². The fourth-order valence-electron chi connectivity index (χ4n) is 1.25. The van der Waals surface area contributed by atoms with Crippen molar-refractivity contribution in [2.45, 2.75) is 6.92 Å². The first kappa shape index (κ1) is 13.1. The zero-order valence-corrected chi connectivity index (χ0v) is 9.29. The molecule has 1 amide bonds. The molecule has 6 heteroatoms. The van der Waals surface area contributed by atoms with Crippen LogP contribution in [0.15, 0.2) is 18.2 Å².